The van der Waals surface area contributed by atoms with E-state index in [1.165, 1.54) is 25.1 Å². The molecule has 4 aromatic rings. The fourth-order valence-electron chi connectivity index (χ4n) is 4.99. The lowest BCUT2D eigenvalue weighted by Crippen LogP contribution is -2.33. The van der Waals surface area contributed by atoms with Gasteiger partial charge in [0.25, 0.3) is 5.91 Å². The van der Waals surface area contributed by atoms with Crippen molar-refractivity contribution >= 4 is 34.2 Å². The molecule has 1 saturated heterocycles. The number of aromatic nitrogens is 3. The van der Waals surface area contributed by atoms with Crippen LogP contribution in [0.1, 0.15) is 52.9 Å². The number of halogens is 3. The Kier molecular flexibility index (Phi) is 8.00. The van der Waals surface area contributed by atoms with Crippen molar-refractivity contribution in [2.45, 2.75) is 39.1 Å². The summed E-state index contributed by atoms with van der Waals surface area (Å²) in [4.78, 5) is 37.2. The molecular weight excluding hydrogens is 557 g/mol. The molecule has 0 bridgehead atoms. The van der Waals surface area contributed by atoms with Gasteiger partial charge in [-0.05, 0) is 25.5 Å². The SMILES string of the molecule is CC(=O)N1CCCN(Cc2cc3c(cn2)ncn3-c2cc(O[C@H](C)c3ccccc3C(F)(F)F)c(C(N)=O)s2)CC1. The van der Waals surface area contributed by atoms with Crippen molar-refractivity contribution in [3.63, 3.8) is 0 Å². The van der Waals surface area contributed by atoms with Crippen LogP contribution in [0.4, 0.5) is 13.2 Å². The molecule has 4 heterocycles. The van der Waals surface area contributed by atoms with E-state index in [1.54, 1.807) is 30.1 Å². The van der Waals surface area contributed by atoms with Crippen LogP contribution in [0.15, 0.2) is 48.9 Å². The van der Waals surface area contributed by atoms with E-state index in [0.29, 0.717) is 23.6 Å². The number of amides is 2. The molecule has 2 amide bonds. The van der Waals surface area contributed by atoms with E-state index >= 15 is 0 Å². The zero-order chi connectivity index (χ0) is 29.3. The standard InChI is InChI=1S/C28H29F3N6O3S/c1-17(20-6-3-4-7-21(20)28(29,30)31)40-24-13-25(41-26(24)27(32)39)37-16-34-22-14-33-19(12-23(22)37)15-35-8-5-9-36(11-10-35)18(2)38/h3-4,6-7,12-14,16-17H,5,8-11,15H2,1-2H3,(H2,32,39)/t17-/m1/s1. The Hall–Kier alpha value is -3.97. The van der Waals surface area contributed by atoms with Crippen molar-refractivity contribution in [1.82, 2.24) is 24.3 Å². The summed E-state index contributed by atoms with van der Waals surface area (Å²) in [6, 6.07) is 8.68. The minimum Gasteiger partial charge on any atom is -0.484 e. The van der Waals surface area contributed by atoms with E-state index in [9.17, 15) is 22.8 Å². The average Bonchev–Trinajstić information content (AvgIpc) is 3.45. The molecule has 1 fully saturated rings. The van der Waals surface area contributed by atoms with Gasteiger partial charge in [0.15, 0.2) is 0 Å². The highest BCUT2D eigenvalue weighted by molar-refractivity contribution is 7.16. The summed E-state index contributed by atoms with van der Waals surface area (Å²) in [6.45, 7) is 6.64. The van der Waals surface area contributed by atoms with E-state index in [4.69, 9.17) is 10.5 Å². The Bertz CT molecular complexity index is 1580. The summed E-state index contributed by atoms with van der Waals surface area (Å²) in [5.41, 5.74) is 6.97. The van der Waals surface area contributed by atoms with Gasteiger partial charge in [0.1, 0.15) is 33.6 Å². The molecule has 41 heavy (non-hydrogen) atoms. The highest BCUT2D eigenvalue weighted by Gasteiger charge is 2.35. The van der Waals surface area contributed by atoms with Gasteiger partial charge in [-0.2, -0.15) is 13.2 Å². The van der Waals surface area contributed by atoms with Crippen LogP contribution in [0.25, 0.3) is 16.0 Å². The van der Waals surface area contributed by atoms with Crippen molar-refractivity contribution in [3.8, 4) is 10.8 Å². The van der Waals surface area contributed by atoms with Crippen molar-refractivity contribution in [1.29, 1.82) is 0 Å². The number of thiophene rings is 1. The van der Waals surface area contributed by atoms with Gasteiger partial charge >= 0.3 is 6.18 Å². The first-order valence-electron chi connectivity index (χ1n) is 13.1. The Labute approximate surface area is 238 Å². The maximum atomic E-state index is 13.6. The first-order valence-corrected chi connectivity index (χ1v) is 13.9. The summed E-state index contributed by atoms with van der Waals surface area (Å²) in [7, 11) is 0. The minimum atomic E-state index is -4.55. The van der Waals surface area contributed by atoms with Gasteiger partial charge < -0.3 is 15.4 Å². The molecule has 0 unspecified atom stereocenters. The molecule has 5 rings (SSSR count). The van der Waals surface area contributed by atoms with Crippen molar-refractivity contribution in [3.05, 3.63) is 70.6 Å². The van der Waals surface area contributed by atoms with E-state index in [0.717, 1.165) is 54.7 Å². The molecule has 1 aliphatic rings. The van der Waals surface area contributed by atoms with Gasteiger partial charge in [0.2, 0.25) is 5.91 Å². The number of benzene rings is 1. The third kappa shape index (κ3) is 6.20. The average molecular weight is 587 g/mol. The largest absolute Gasteiger partial charge is 0.484 e. The Balaban J connectivity index is 1.41. The number of rotatable bonds is 7. The lowest BCUT2D eigenvalue weighted by atomic mass is 10.0. The highest BCUT2D eigenvalue weighted by atomic mass is 32.1. The molecule has 0 saturated carbocycles. The maximum absolute atomic E-state index is 13.6. The molecule has 1 aliphatic heterocycles. The smallest absolute Gasteiger partial charge is 0.416 e. The van der Waals surface area contributed by atoms with Crippen LogP contribution in [-0.2, 0) is 17.5 Å². The van der Waals surface area contributed by atoms with Gasteiger partial charge in [0.05, 0.1) is 23.0 Å². The predicted octanol–water partition coefficient (Wildman–Crippen LogP) is 4.79. The number of primary amides is 1. The first-order chi connectivity index (χ1) is 19.5. The lowest BCUT2D eigenvalue weighted by Gasteiger charge is -2.20. The van der Waals surface area contributed by atoms with E-state index < -0.39 is 23.8 Å². The van der Waals surface area contributed by atoms with Gasteiger partial charge in [-0.3, -0.25) is 24.0 Å². The predicted molar refractivity (Wildman–Crippen MR) is 148 cm³/mol. The van der Waals surface area contributed by atoms with Crippen molar-refractivity contribution < 1.29 is 27.5 Å². The number of alkyl halides is 3. The number of fused-ring (bicyclic) bond motifs is 1. The molecule has 9 nitrogen and oxygen atoms in total. The Morgan fingerprint density at radius 2 is 1.90 bits per heavy atom. The van der Waals surface area contributed by atoms with Crippen LogP contribution in [0.3, 0.4) is 0 Å². The quantitative estimate of drug-likeness (QED) is 0.334. The number of ether oxygens (including phenoxy) is 1. The van der Waals surface area contributed by atoms with Gasteiger partial charge in [0, 0.05) is 51.3 Å². The number of nitrogens with two attached hydrogens (primary N) is 1. The van der Waals surface area contributed by atoms with Gasteiger partial charge in [-0.1, -0.05) is 18.2 Å². The normalized spacial score (nSPS) is 15.6. The van der Waals surface area contributed by atoms with Gasteiger partial charge in [-0.15, -0.1) is 11.3 Å². The molecule has 0 aliphatic carbocycles. The molecule has 1 aromatic carbocycles. The molecule has 0 radical (unpaired) electrons. The summed E-state index contributed by atoms with van der Waals surface area (Å²) >= 11 is 1.07. The number of nitrogens with zero attached hydrogens (tertiary/aromatic N) is 5. The van der Waals surface area contributed by atoms with E-state index in [2.05, 4.69) is 14.9 Å². The van der Waals surface area contributed by atoms with Crippen molar-refractivity contribution in [2.24, 2.45) is 5.73 Å². The zero-order valence-corrected chi connectivity index (χ0v) is 23.3. The van der Waals surface area contributed by atoms with Gasteiger partial charge in [-0.25, -0.2) is 4.98 Å². The fourth-order valence-corrected chi connectivity index (χ4v) is 5.92. The molecule has 13 heteroatoms. The third-order valence-corrected chi connectivity index (χ3v) is 8.19. The molecule has 3 aromatic heterocycles. The van der Waals surface area contributed by atoms with Crippen molar-refractivity contribution in [2.75, 3.05) is 26.2 Å². The van der Waals surface area contributed by atoms with E-state index in [-0.39, 0.29) is 22.1 Å². The second-order valence-electron chi connectivity index (χ2n) is 9.90. The first kappa shape index (κ1) is 28.6. The van der Waals surface area contributed by atoms with Crippen LogP contribution in [0, 0.1) is 0 Å². The minimum absolute atomic E-state index is 0.0492. The van der Waals surface area contributed by atoms with Crippen LogP contribution in [0.5, 0.6) is 5.75 Å². The number of carbonyl (C=O) groups is 2. The Morgan fingerprint density at radius 1 is 1.12 bits per heavy atom. The fraction of sp³-hybridized carbons (Fsp3) is 0.357. The second-order valence-corrected chi connectivity index (χ2v) is 10.9. The van der Waals surface area contributed by atoms with Crippen LogP contribution in [-0.4, -0.2) is 62.3 Å². The Morgan fingerprint density at radius 3 is 2.63 bits per heavy atom. The molecule has 2 N–H and O–H groups in total. The second kappa shape index (κ2) is 11.5. The molecular formula is C28H29F3N6O3S. The molecule has 0 spiro atoms. The lowest BCUT2D eigenvalue weighted by molar-refractivity contribution is -0.139. The van der Waals surface area contributed by atoms with Crippen LogP contribution < -0.4 is 10.5 Å². The number of hydrogen-bond donors (Lipinski definition) is 1. The number of carbonyl (C=O) groups excluding carboxylic acids is 2. The molecule has 1 atom stereocenters. The number of hydrogen-bond acceptors (Lipinski definition) is 7. The third-order valence-electron chi connectivity index (χ3n) is 7.06. The number of imidazole rings is 1. The highest BCUT2D eigenvalue weighted by Crippen LogP contribution is 2.39. The molecule has 216 valence electrons. The summed E-state index contributed by atoms with van der Waals surface area (Å²) in [5, 5.41) is 0.566. The summed E-state index contributed by atoms with van der Waals surface area (Å²) < 4.78 is 48.4. The maximum Gasteiger partial charge on any atom is 0.416 e. The van der Waals surface area contributed by atoms with Crippen LogP contribution >= 0.6 is 11.3 Å². The summed E-state index contributed by atoms with van der Waals surface area (Å²) in [5.74, 6) is -0.582. The van der Waals surface area contributed by atoms with E-state index in [1.807, 2.05) is 11.0 Å². The number of pyridine rings is 1. The van der Waals surface area contributed by atoms with Crippen LogP contribution in [0.2, 0.25) is 0 Å². The topological polar surface area (TPSA) is 107 Å². The zero-order valence-electron chi connectivity index (χ0n) is 22.5. The monoisotopic (exact) mass is 586 g/mol. The summed E-state index contributed by atoms with van der Waals surface area (Å²) in [6.07, 6.45) is -1.41.